The average Bonchev–Trinajstić information content (AvgIpc) is 2.57. The first-order valence-electron chi connectivity index (χ1n) is 4.06. The van der Waals surface area contributed by atoms with E-state index in [-0.39, 0.29) is 0 Å². The highest BCUT2D eigenvalue weighted by atomic mass is 79.9. The zero-order valence-electron chi connectivity index (χ0n) is 7.78. The Morgan fingerprint density at radius 2 is 2.33 bits per heavy atom. The molecule has 2 rings (SSSR count). The van der Waals surface area contributed by atoms with Gasteiger partial charge in [0.1, 0.15) is 0 Å². The number of benzene rings is 1. The van der Waals surface area contributed by atoms with Crippen LogP contribution in [-0.2, 0) is 4.74 Å². The van der Waals surface area contributed by atoms with Crippen LogP contribution >= 0.6 is 27.3 Å². The van der Waals surface area contributed by atoms with Gasteiger partial charge in [-0.15, -0.1) is 0 Å². The number of ether oxygens (including phenoxy) is 1. The summed E-state index contributed by atoms with van der Waals surface area (Å²) in [7, 11) is 1.35. The van der Waals surface area contributed by atoms with Gasteiger partial charge in [-0.05, 0) is 28.1 Å². The van der Waals surface area contributed by atoms with E-state index < -0.39 is 5.97 Å². The number of halogens is 1. The minimum Gasteiger partial charge on any atom is -0.465 e. The first-order chi connectivity index (χ1) is 7.13. The smallest absolute Gasteiger partial charge is 0.340 e. The summed E-state index contributed by atoms with van der Waals surface area (Å²) in [6.07, 6.45) is 0. The molecule has 0 radical (unpaired) electrons. The van der Waals surface area contributed by atoms with Gasteiger partial charge >= 0.3 is 5.97 Å². The number of aromatic nitrogens is 1. The van der Waals surface area contributed by atoms with Crippen LogP contribution in [0.2, 0.25) is 0 Å². The third-order valence-corrected chi connectivity index (χ3v) is 3.49. The normalized spacial score (nSPS) is 10.5. The number of thiazole rings is 1. The highest BCUT2D eigenvalue weighted by Crippen LogP contribution is 2.32. The standard InChI is InChI=1S/C9H7BrN2O2S/c1-14-8(13)6-4(10)2-3-5-7(6)15-9(11)12-5/h2-3H,1H3,(H2,11,12). The fourth-order valence-corrected chi connectivity index (χ4v) is 2.77. The summed E-state index contributed by atoms with van der Waals surface area (Å²) in [6.45, 7) is 0. The maximum Gasteiger partial charge on any atom is 0.340 e. The fraction of sp³-hybridized carbons (Fsp3) is 0.111. The van der Waals surface area contributed by atoms with E-state index in [2.05, 4.69) is 20.9 Å². The lowest BCUT2D eigenvalue weighted by Crippen LogP contribution is -2.02. The van der Waals surface area contributed by atoms with Crippen LogP contribution in [0.1, 0.15) is 10.4 Å². The molecule has 0 aliphatic heterocycles. The molecule has 0 aliphatic rings. The molecule has 1 aromatic carbocycles. The number of carbonyl (C=O) groups excluding carboxylic acids is 1. The molecule has 0 spiro atoms. The molecule has 0 saturated carbocycles. The molecule has 15 heavy (non-hydrogen) atoms. The van der Waals surface area contributed by atoms with E-state index in [0.29, 0.717) is 20.7 Å². The number of hydrogen-bond donors (Lipinski definition) is 1. The molecule has 0 aliphatic carbocycles. The highest BCUT2D eigenvalue weighted by Gasteiger charge is 2.17. The Morgan fingerprint density at radius 3 is 3.00 bits per heavy atom. The van der Waals surface area contributed by atoms with Crippen LogP contribution in [0.25, 0.3) is 10.2 Å². The third kappa shape index (κ3) is 1.70. The van der Waals surface area contributed by atoms with Crippen molar-refractivity contribution in [1.29, 1.82) is 0 Å². The molecular weight excluding hydrogens is 280 g/mol. The quantitative estimate of drug-likeness (QED) is 0.818. The number of rotatable bonds is 1. The SMILES string of the molecule is COC(=O)c1c(Br)ccc2nc(N)sc12. The molecule has 0 amide bonds. The number of hydrogen-bond acceptors (Lipinski definition) is 5. The van der Waals surface area contributed by atoms with Crippen LogP contribution in [0.5, 0.6) is 0 Å². The third-order valence-electron chi connectivity index (χ3n) is 1.91. The molecule has 1 heterocycles. The predicted molar refractivity (Wildman–Crippen MR) is 63.1 cm³/mol. The van der Waals surface area contributed by atoms with Crippen LogP contribution in [0, 0.1) is 0 Å². The second-order valence-electron chi connectivity index (χ2n) is 2.81. The molecule has 0 saturated heterocycles. The molecule has 0 fully saturated rings. The summed E-state index contributed by atoms with van der Waals surface area (Å²) >= 11 is 4.58. The van der Waals surface area contributed by atoms with Crippen molar-refractivity contribution in [2.45, 2.75) is 0 Å². The van der Waals surface area contributed by atoms with Crippen molar-refractivity contribution in [2.75, 3.05) is 12.8 Å². The molecule has 1 aromatic heterocycles. The summed E-state index contributed by atoms with van der Waals surface area (Å²) in [4.78, 5) is 15.6. The molecule has 6 heteroatoms. The second-order valence-corrected chi connectivity index (χ2v) is 4.70. The first-order valence-corrected chi connectivity index (χ1v) is 5.67. The van der Waals surface area contributed by atoms with E-state index in [4.69, 9.17) is 10.5 Å². The Labute approximate surface area is 98.2 Å². The summed E-state index contributed by atoms with van der Waals surface area (Å²) < 4.78 is 6.13. The lowest BCUT2D eigenvalue weighted by atomic mass is 10.2. The van der Waals surface area contributed by atoms with E-state index in [1.54, 1.807) is 12.1 Å². The Hall–Kier alpha value is -1.14. The number of anilines is 1. The predicted octanol–water partition coefficient (Wildman–Crippen LogP) is 2.43. The summed E-state index contributed by atoms with van der Waals surface area (Å²) in [5, 5.41) is 0.438. The number of carbonyl (C=O) groups is 1. The average molecular weight is 287 g/mol. The Morgan fingerprint density at radius 1 is 1.60 bits per heavy atom. The van der Waals surface area contributed by atoms with Crippen molar-refractivity contribution >= 4 is 48.6 Å². The largest absolute Gasteiger partial charge is 0.465 e. The van der Waals surface area contributed by atoms with Gasteiger partial charge < -0.3 is 10.5 Å². The van der Waals surface area contributed by atoms with Gasteiger partial charge in [-0.25, -0.2) is 9.78 Å². The highest BCUT2D eigenvalue weighted by molar-refractivity contribution is 9.10. The minimum atomic E-state index is -0.392. The minimum absolute atomic E-state index is 0.392. The van der Waals surface area contributed by atoms with E-state index in [0.717, 1.165) is 4.70 Å². The van der Waals surface area contributed by atoms with E-state index in [1.165, 1.54) is 18.4 Å². The maximum atomic E-state index is 11.5. The van der Waals surface area contributed by atoms with Crippen LogP contribution in [0.4, 0.5) is 5.13 Å². The number of nitrogens with zero attached hydrogens (tertiary/aromatic N) is 1. The van der Waals surface area contributed by atoms with Crippen LogP contribution < -0.4 is 5.73 Å². The van der Waals surface area contributed by atoms with Crippen LogP contribution in [0.3, 0.4) is 0 Å². The van der Waals surface area contributed by atoms with Crippen molar-refractivity contribution in [1.82, 2.24) is 4.98 Å². The van der Waals surface area contributed by atoms with Gasteiger partial charge in [0.25, 0.3) is 0 Å². The molecule has 0 atom stereocenters. The van der Waals surface area contributed by atoms with E-state index >= 15 is 0 Å². The van der Waals surface area contributed by atoms with Gasteiger partial charge in [-0.1, -0.05) is 11.3 Å². The first kappa shape index (κ1) is 10.4. The van der Waals surface area contributed by atoms with E-state index in [9.17, 15) is 4.79 Å². The van der Waals surface area contributed by atoms with E-state index in [1.807, 2.05) is 0 Å². The number of nitrogens with two attached hydrogens (primary N) is 1. The van der Waals surface area contributed by atoms with Crippen molar-refractivity contribution in [3.05, 3.63) is 22.2 Å². The lowest BCUT2D eigenvalue weighted by molar-refractivity contribution is 0.0602. The zero-order chi connectivity index (χ0) is 11.0. The molecule has 2 N–H and O–H groups in total. The molecule has 0 bridgehead atoms. The monoisotopic (exact) mass is 286 g/mol. The number of esters is 1. The second kappa shape index (κ2) is 3.79. The summed E-state index contributed by atoms with van der Waals surface area (Å²) in [5.41, 5.74) is 6.78. The van der Waals surface area contributed by atoms with Crippen LogP contribution in [0.15, 0.2) is 16.6 Å². The summed E-state index contributed by atoms with van der Waals surface area (Å²) in [5.74, 6) is -0.392. The topological polar surface area (TPSA) is 65.2 Å². The molecular formula is C9H7BrN2O2S. The van der Waals surface area contributed by atoms with Crippen LogP contribution in [-0.4, -0.2) is 18.1 Å². The number of nitrogen functional groups attached to an aromatic ring is 1. The van der Waals surface area contributed by atoms with Crippen molar-refractivity contribution in [3.8, 4) is 0 Å². The zero-order valence-corrected chi connectivity index (χ0v) is 10.2. The van der Waals surface area contributed by atoms with Crippen molar-refractivity contribution in [2.24, 2.45) is 0 Å². The van der Waals surface area contributed by atoms with Gasteiger partial charge in [-0.2, -0.15) is 0 Å². The van der Waals surface area contributed by atoms with Crippen molar-refractivity contribution in [3.63, 3.8) is 0 Å². The van der Waals surface area contributed by atoms with Gasteiger partial charge in [0.05, 0.1) is 22.9 Å². The number of methoxy groups -OCH3 is 1. The number of fused-ring (bicyclic) bond motifs is 1. The Bertz CT molecular complexity index is 538. The van der Waals surface area contributed by atoms with Gasteiger partial charge in [-0.3, -0.25) is 0 Å². The molecule has 2 aromatic rings. The van der Waals surface area contributed by atoms with Crippen molar-refractivity contribution < 1.29 is 9.53 Å². The van der Waals surface area contributed by atoms with Gasteiger partial charge in [0.2, 0.25) is 0 Å². The molecule has 4 nitrogen and oxygen atoms in total. The molecule has 0 unspecified atom stereocenters. The van der Waals surface area contributed by atoms with Gasteiger partial charge in [0.15, 0.2) is 5.13 Å². The summed E-state index contributed by atoms with van der Waals surface area (Å²) in [6, 6.07) is 3.56. The van der Waals surface area contributed by atoms with Gasteiger partial charge in [0, 0.05) is 4.47 Å². The molecule has 78 valence electrons. The fourth-order valence-electron chi connectivity index (χ4n) is 1.28. The Balaban J connectivity index is 2.78. The lowest BCUT2D eigenvalue weighted by Gasteiger charge is -2.02. The maximum absolute atomic E-state index is 11.5. The Kier molecular flexibility index (Phi) is 2.62.